The minimum absolute atomic E-state index is 0.0813. The summed E-state index contributed by atoms with van der Waals surface area (Å²) in [5, 5.41) is 18.3. The molecule has 7 heteroatoms. The molecule has 1 aromatic heterocycles. The maximum atomic E-state index is 12.6. The maximum absolute atomic E-state index is 12.6. The molecule has 0 bridgehead atoms. The van der Waals surface area contributed by atoms with Gasteiger partial charge in [0, 0.05) is 37.5 Å². The fourth-order valence-corrected chi connectivity index (χ4v) is 4.89. The van der Waals surface area contributed by atoms with Crippen molar-refractivity contribution in [2.75, 3.05) is 19.6 Å². The number of carbonyl (C=O) groups excluding carboxylic acids is 1. The Kier molecular flexibility index (Phi) is 6.28. The molecule has 2 N–H and O–H groups in total. The first-order chi connectivity index (χ1) is 13.7. The second kappa shape index (κ2) is 9.06. The van der Waals surface area contributed by atoms with Crippen LogP contribution in [-0.4, -0.2) is 41.7 Å². The third-order valence-electron chi connectivity index (χ3n) is 6.61. The van der Waals surface area contributed by atoms with E-state index in [2.05, 4.69) is 27.0 Å². The molecule has 7 nitrogen and oxygen atoms in total. The van der Waals surface area contributed by atoms with Gasteiger partial charge in [-0.15, -0.1) is 0 Å². The SMILES string of the molecule is N#CC1CCC(CN2CC(NC(=O)c3cc(C4CCCCC4)on3)CN2)CC1. The highest BCUT2D eigenvalue weighted by Crippen LogP contribution is 2.33. The van der Waals surface area contributed by atoms with Crippen LogP contribution in [0.1, 0.15) is 80.0 Å². The van der Waals surface area contributed by atoms with Crippen molar-refractivity contribution in [3.05, 3.63) is 17.5 Å². The van der Waals surface area contributed by atoms with Gasteiger partial charge in [-0.3, -0.25) is 10.2 Å². The van der Waals surface area contributed by atoms with Gasteiger partial charge in [-0.1, -0.05) is 24.4 Å². The van der Waals surface area contributed by atoms with E-state index in [9.17, 15) is 4.79 Å². The standard InChI is InChI=1S/C21H31N5O2/c22-11-15-6-8-16(9-7-15)13-26-14-18(12-23-26)24-21(27)19-10-20(28-25-19)17-4-2-1-3-5-17/h10,15-18,23H,1-9,12-14H2,(H,24,27). The van der Waals surface area contributed by atoms with E-state index in [1.807, 2.05) is 6.07 Å². The lowest BCUT2D eigenvalue weighted by atomic mass is 9.82. The average Bonchev–Trinajstić information content (AvgIpc) is 3.39. The third-order valence-corrected chi connectivity index (χ3v) is 6.61. The van der Waals surface area contributed by atoms with Crippen molar-refractivity contribution in [3.63, 3.8) is 0 Å². The molecule has 0 aromatic carbocycles. The highest BCUT2D eigenvalue weighted by atomic mass is 16.5. The van der Waals surface area contributed by atoms with Crippen LogP contribution in [0, 0.1) is 23.2 Å². The van der Waals surface area contributed by atoms with Gasteiger partial charge in [0.15, 0.2) is 5.69 Å². The summed E-state index contributed by atoms with van der Waals surface area (Å²) in [5.41, 5.74) is 3.80. The van der Waals surface area contributed by atoms with Crippen molar-refractivity contribution >= 4 is 5.91 Å². The van der Waals surface area contributed by atoms with Crippen LogP contribution in [0.4, 0.5) is 0 Å². The Bertz CT molecular complexity index is 698. The highest BCUT2D eigenvalue weighted by Gasteiger charge is 2.29. The predicted octanol–water partition coefficient (Wildman–Crippen LogP) is 2.97. The Balaban J connectivity index is 1.22. The highest BCUT2D eigenvalue weighted by molar-refractivity contribution is 5.92. The molecule has 2 heterocycles. The third kappa shape index (κ3) is 4.73. The van der Waals surface area contributed by atoms with Gasteiger partial charge in [0.25, 0.3) is 5.91 Å². The van der Waals surface area contributed by atoms with E-state index in [1.54, 1.807) is 0 Å². The van der Waals surface area contributed by atoms with Gasteiger partial charge in [0.2, 0.25) is 0 Å². The predicted molar refractivity (Wildman–Crippen MR) is 104 cm³/mol. The number of hydrazine groups is 1. The van der Waals surface area contributed by atoms with Crippen LogP contribution in [-0.2, 0) is 0 Å². The maximum Gasteiger partial charge on any atom is 0.273 e. The van der Waals surface area contributed by atoms with Crippen LogP contribution in [0.3, 0.4) is 0 Å². The van der Waals surface area contributed by atoms with E-state index in [0.717, 1.165) is 63.9 Å². The fourth-order valence-electron chi connectivity index (χ4n) is 4.89. The Hall–Kier alpha value is -1.91. The summed E-state index contributed by atoms with van der Waals surface area (Å²) < 4.78 is 5.47. The second-order valence-electron chi connectivity index (χ2n) is 8.73. The molecule has 2 aliphatic carbocycles. The first kappa shape index (κ1) is 19.4. The molecule has 28 heavy (non-hydrogen) atoms. The molecule has 1 aromatic rings. The summed E-state index contributed by atoms with van der Waals surface area (Å²) in [6.07, 6.45) is 10.3. The van der Waals surface area contributed by atoms with E-state index in [-0.39, 0.29) is 17.9 Å². The first-order valence-electron chi connectivity index (χ1n) is 10.9. The molecule has 1 unspecified atom stereocenters. The Morgan fingerprint density at radius 2 is 2.04 bits per heavy atom. The minimum Gasteiger partial charge on any atom is -0.360 e. The molecule has 2 saturated carbocycles. The zero-order valence-electron chi connectivity index (χ0n) is 16.5. The topological polar surface area (TPSA) is 94.2 Å². The molecular formula is C21H31N5O2. The van der Waals surface area contributed by atoms with E-state index in [0.29, 0.717) is 17.5 Å². The summed E-state index contributed by atoms with van der Waals surface area (Å²) in [6, 6.07) is 4.31. The number of nitrogens with zero attached hydrogens (tertiary/aromatic N) is 3. The summed E-state index contributed by atoms with van der Waals surface area (Å²) in [5.74, 6) is 2.02. The summed E-state index contributed by atoms with van der Waals surface area (Å²) >= 11 is 0. The molecule has 1 atom stereocenters. The molecule has 3 aliphatic rings. The van der Waals surface area contributed by atoms with Crippen LogP contribution in [0.15, 0.2) is 10.6 Å². The van der Waals surface area contributed by atoms with Crippen molar-refractivity contribution in [3.8, 4) is 6.07 Å². The quantitative estimate of drug-likeness (QED) is 0.809. The second-order valence-corrected chi connectivity index (χ2v) is 8.73. The number of carbonyl (C=O) groups is 1. The van der Waals surface area contributed by atoms with E-state index in [1.165, 1.54) is 19.3 Å². The Labute approximate surface area is 166 Å². The smallest absolute Gasteiger partial charge is 0.273 e. The Morgan fingerprint density at radius 3 is 2.79 bits per heavy atom. The number of hydrogen-bond acceptors (Lipinski definition) is 6. The molecule has 0 radical (unpaired) electrons. The van der Waals surface area contributed by atoms with Crippen LogP contribution in [0.2, 0.25) is 0 Å². The number of rotatable bonds is 5. The summed E-state index contributed by atoms with van der Waals surface area (Å²) in [7, 11) is 0. The normalized spacial score (nSPS) is 29.5. The largest absolute Gasteiger partial charge is 0.360 e. The van der Waals surface area contributed by atoms with Crippen molar-refractivity contribution in [2.24, 2.45) is 11.8 Å². The summed E-state index contributed by atoms with van der Waals surface area (Å²) in [4.78, 5) is 12.6. The van der Waals surface area contributed by atoms with E-state index in [4.69, 9.17) is 9.78 Å². The molecule has 1 aliphatic heterocycles. The van der Waals surface area contributed by atoms with Gasteiger partial charge in [-0.25, -0.2) is 5.01 Å². The van der Waals surface area contributed by atoms with Gasteiger partial charge in [0.1, 0.15) is 5.76 Å². The Morgan fingerprint density at radius 1 is 1.25 bits per heavy atom. The number of amides is 1. The number of nitriles is 1. The monoisotopic (exact) mass is 385 g/mol. The lowest BCUT2D eigenvalue weighted by Gasteiger charge is -2.28. The number of aromatic nitrogens is 1. The molecule has 3 fully saturated rings. The van der Waals surface area contributed by atoms with Crippen molar-refractivity contribution < 1.29 is 9.32 Å². The van der Waals surface area contributed by atoms with Gasteiger partial charge < -0.3 is 9.84 Å². The number of hydrogen-bond donors (Lipinski definition) is 2. The van der Waals surface area contributed by atoms with E-state index >= 15 is 0 Å². The molecule has 152 valence electrons. The average molecular weight is 386 g/mol. The zero-order chi connectivity index (χ0) is 19.3. The van der Waals surface area contributed by atoms with Gasteiger partial charge in [0.05, 0.1) is 12.1 Å². The number of nitrogens with one attached hydrogen (secondary N) is 2. The van der Waals surface area contributed by atoms with Crippen molar-refractivity contribution in [1.29, 1.82) is 5.26 Å². The van der Waals surface area contributed by atoms with Gasteiger partial charge in [-0.2, -0.15) is 5.26 Å². The van der Waals surface area contributed by atoms with Crippen LogP contribution in [0.5, 0.6) is 0 Å². The van der Waals surface area contributed by atoms with Crippen LogP contribution >= 0.6 is 0 Å². The van der Waals surface area contributed by atoms with E-state index < -0.39 is 0 Å². The molecule has 1 amide bonds. The van der Waals surface area contributed by atoms with Gasteiger partial charge in [-0.05, 0) is 44.4 Å². The zero-order valence-corrected chi connectivity index (χ0v) is 16.5. The molecular weight excluding hydrogens is 354 g/mol. The van der Waals surface area contributed by atoms with Crippen LogP contribution in [0.25, 0.3) is 0 Å². The minimum atomic E-state index is -0.144. The van der Waals surface area contributed by atoms with Crippen molar-refractivity contribution in [1.82, 2.24) is 20.9 Å². The van der Waals surface area contributed by atoms with Crippen molar-refractivity contribution in [2.45, 2.75) is 69.7 Å². The molecule has 0 spiro atoms. The van der Waals surface area contributed by atoms with Gasteiger partial charge >= 0.3 is 0 Å². The first-order valence-corrected chi connectivity index (χ1v) is 10.9. The molecule has 1 saturated heterocycles. The molecule has 4 rings (SSSR count). The summed E-state index contributed by atoms with van der Waals surface area (Å²) in [6.45, 7) is 2.53. The fraction of sp³-hybridized carbons (Fsp3) is 0.762. The lowest BCUT2D eigenvalue weighted by Crippen LogP contribution is -2.39. The lowest BCUT2D eigenvalue weighted by molar-refractivity contribution is 0.0929. The van der Waals surface area contributed by atoms with Crippen LogP contribution < -0.4 is 10.7 Å².